The lowest BCUT2D eigenvalue weighted by atomic mass is 9.93. The average Bonchev–Trinajstić information content (AvgIpc) is 2.93. The van der Waals surface area contributed by atoms with E-state index in [1.54, 1.807) is 18.5 Å². The zero-order valence-electron chi connectivity index (χ0n) is 15.9. The van der Waals surface area contributed by atoms with Crippen molar-refractivity contribution in [1.29, 1.82) is 5.26 Å². The molecule has 0 atom stereocenters. The van der Waals surface area contributed by atoms with Crippen LogP contribution in [-0.4, -0.2) is 17.1 Å². The Kier molecular flexibility index (Phi) is 5.18. The maximum absolute atomic E-state index is 12.5. The molecule has 0 radical (unpaired) electrons. The molecule has 0 spiro atoms. The van der Waals surface area contributed by atoms with Gasteiger partial charge in [-0.05, 0) is 49.5 Å². The van der Waals surface area contributed by atoms with Gasteiger partial charge in [0, 0.05) is 24.0 Å². The highest BCUT2D eigenvalue weighted by atomic mass is 16.5. The molecule has 2 N–H and O–H groups in total. The van der Waals surface area contributed by atoms with Crippen LogP contribution in [0.4, 0.5) is 0 Å². The van der Waals surface area contributed by atoms with E-state index in [0.29, 0.717) is 16.8 Å². The van der Waals surface area contributed by atoms with Gasteiger partial charge >= 0.3 is 5.97 Å². The molecule has 3 rings (SSSR count). The largest absolute Gasteiger partial charge is 0.461 e. The van der Waals surface area contributed by atoms with E-state index < -0.39 is 5.97 Å². The molecule has 1 heterocycles. The fourth-order valence-electron chi connectivity index (χ4n) is 3.49. The van der Waals surface area contributed by atoms with E-state index in [9.17, 15) is 10.1 Å². The maximum atomic E-state index is 12.5. The standard InChI is InChI=1S/C22H23N3O2/c1-4-27-22(26)21-20(18(13-23)14(2)25(21)3)16-11-9-15(10-12-16)17-7-5-6-8-19(17)24/h6,8-12H,4-5,7,24H2,1-3H3. The van der Waals surface area contributed by atoms with Crippen molar-refractivity contribution in [3.8, 4) is 17.2 Å². The van der Waals surface area contributed by atoms with Gasteiger partial charge in [-0.15, -0.1) is 0 Å². The molecule has 0 unspecified atom stereocenters. The van der Waals surface area contributed by atoms with Crippen LogP contribution in [-0.2, 0) is 11.8 Å². The number of nitrogens with two attached hydrogens (primary N) is 1. The van der Waals surface area contributed by atoms with Crippen LogP contribution in [0.2, 0.25) is 0 Å². The summed E-state index contributed by atoms with van der Waals surface area (Å²) in [6, 6.07) is 10.1. The number of nitrogens with zero attached hydrogens (tertiary/aromatic N) is 2. The highest BCUT2D eigenvalue weighted by Gasteiger charge is 2.25. The molecular weight excluding hydrogens is 338 g/mol. The molecule has 1 aliphatic carbocycles. The minimum Gasteiger partial charge on any atom is -0.461 e. The Morgan fingerprint density at radius 1 is 1.30 bits per heavy atom. The third-order valence-electron chi connectivity index (χ3n) is 5.00. The number of aromatic nitrogens is 1. The minimum atomic E-state index is -0.423. The summed E-state index contributed by atoms with van der Waals surface area (Å²) < 4.78 is 6.94. The highest BCUT2D eigenvalue weighted by Crippen LogP contribution is 2.34. The van der Waals surface area contributed by atoms with Gasteiger partial charge in [0.15, 0.2) is 0 Å². The molecule has 0 bridgehead atoms. The molecule has 1 aromatic carbocycles. The summed E-state index contributed by atoms with van der Waals surface area (Å²) in [5.74, 6) is -0.423. The molecule has 138 valence electrons. The number of allylic oxidation sites excluding steroid dienone is 3. The van der Waals surface area contributed by atoms with Crippen LogP contribution in [0.1, 0.15) is 47.1 Å². The van der Waals surface area contributed by atoms with E-state index in [1.807, 2.05) is 37.3 Å². The first-order chi connectivity index (χ1) is 13.0. The second-order valence-corrected chi connectivity index (χ2v) is 6.53. The molecule has 5 heteroatoms. The van der Waals surface area contributed by atoms with Crippen molar-refractivity contribution in [2.45, 2.75) is 26.7 Å². The Morgan fingerprint density at radius 2 is 1.96 bits per heavy atom. The molecule has 1 aliphatic rings. The molecule has 0 saturated heterocycles. The van der Waals surface area contributed by atoms with Gasteiger partial charge in [0.1, 0.15) is 11.8 Å². The topological polar surface area (TPSA) is 81.0 Å². The molecule has 1 aromatic heterocycles. The van der Waals surface area contributed by atoms with Gasteiger partial charge in [-0.2, -0.15) is 5.26 Å². The number of benzene rings is 1. The Morgan fingerprint density at radius 3 is 2.56 bits per heavy atom. The average molecular weight is 361 g/mol. The van der Waals surface area contributed by atoms with Crippen molar-refractivity contribution < 1.29 is 9.53 Å². The number of nitriles is 1. The van der Waals surface area contributed by atoms with E-state index in [4.69, 9.17) is 10.5 Å². The summed E-state index contributed by atoms with van der Waals surface area (Å²) in [5, 5.41) is 9.66. The zero-order valence-corrected chi connectivity index (χ0v) is 15.9. The maximum Gasteiger partial charge on any atom is 0.355 e. The fourth-order valence-corrected chi connectivity index (χ4v) is 3.49. The van der Waals surface area contributed by atoms with Crippen molar-refractivity contribution in [1.82, 2.24) is 4.57 Å². The van der Waals surface area contributed by atoms with E-state index in [2.05, 4.69) is 12.1 Å². The summed E-state index contributed by atoms with van der Waals surface area (Å²) in [6.07, 6.45) is 5.90. The second kappa shape index (κ2) is 7.55. The summed E-state index contributed by atoms with van der Waals surface area (Å²) in [6.45, 7) is 3.88. The summed E-state index contributed by atoms with van der Waals surface area (Å²) in [4.78, 5) is 12.5. The van der Waals surface area contributed by atoms with Crippen molar-refractivity contribution in [2.24, 2.45) is 12.8 Å². The predicted octanol–water partition coefficient (Wildman–Crippen LogP) is 4.07. The number of esters is 1. The first-order valence-electron chi connectivity index (χ1n) is 9.02. The van der Waals surface area contributed by atoms with E-state index >= 15 is 0 Å². The molecule has 0 fully saturated rings. The number of ether oxygens (including phenoxy) is 1. The number of hydrogen-bond acceptors (Lipinski definition) is 4. The van der Waals surface area contributed by atoms with Crippen LogP contribution in [0.25, 0.3) is 16.7 Å². The normalized spacial score (nSPS) is 13.6. The summed E-state index contributed by atoms with van der Waals surface area (Å²) in [7, 11) is 1.78. The van der Waals surface area contributed by atoms with Crippen LogP contribution >= 0.6 is 0 Å². The first-order valence-corrected chi connectivity index (χ1v) is 9.02. The monoisotopic (exact) mass is 361 g/mol. The fraction of sp³-hybridized carbons (Fsp3) is 0.273. The quantitative estimate of drug-likeness (QED) is 0.833. The van der Waals surface area contributed by atoms with Crippen LogP contribution in [0.3, 0.4) is 0 Å². The van der Waals surface area contributed by atoms with Gasteiger partial charge in [-0.1, -0.05) is 30.3 Å². The van der Waals surface area contributed by atoms with Crippen LogP contribution in [0.15, 0.2) is 42.1 Å². The molecule has 0 aliphatic heterocycles. The van der Waals surface area contributed by atoms with Gasteiger partial charge in [0.25, 0.3) is 0 Å². The molecule has 5 nitrogen and oxygen atoms in total. The van der Waals surface area contributed by atoms with Gasteiger partial charge in [-0.3, -0.25) is 0 Å². The van der Waals surface area contributed by atoms with Crippen molar-refractivity contribution in [2.75, 3.05) is 6.61 Å². The lowest BCUT2D eigenvalue weighted by molar-refractivity contribution is 0.0516. The third kappa shape index (κ3) is 3.26. The lowest BCUT2D eigenvalue weighted by Crippen LogP contribution is -2.11. The number of carbonyl (C=O) groups excluding carboxylic acids is 1. The number of hydrogen-bond donors (Lipinski definition) is 1. The molecule has 2 aromatic rings. The third-order valence-corrected chi connectivity index (χ3v) is 5.00. The van der Waals surface area contributed by atoms with Gasteiger partial charge in [0.2, 0.25) is 0 Å². The minimum absolute atomic E-state index is 0.282. The Bertz CT molecular complexity index is 986. The van der Waals surface area contributed by atoms with Gasteiger partial charge < -0.3 is 15.0 Å². The Hall–Kier alpha value is -3.26. The van der Waals surface area contributed by atoms with E-state index in [-0.39, 0.29) is 6.61 Å². The summed E-state index contributed by atoms with van der Waals surface area (Å²) in [5.41, 5.74) is 12.1. The van der Waals surface area contributed by atoms with E-state index in [1.165, 1.54) is 0 Å². The zero-order chi connectivity index (χ0) is 19.6. The Balaban J connectivity index is 2.11. The highest BCUT2D eigenvalue weighted by molar-refractivity contribution is 5.98. The second-order valence-electron chi connectivity index (χ2n) is 6.53. The van der Waals surface area contributed by atoms with Gasteiger partial charge in [0.05, 0.1) is 12.2 Å². The predicted molar refractivity (Wildman–Crippen MR) is 106 cm³/mol. The SMILES string of the molecule is CCOC(=O)c1c(-c2ccc(C3=C(N)C=CCC3)cc2)c(C#N)c(C)n1C. The van der Waals surface area contributed by atoms with Crippen LogP contribution in [0, 0.1) is 18.3 Å². The van der Waals surface area contributed by atoms with Crippen molar-refractivity contribution in [3.63, 3.8) is 0 Å². The number of carbonyl (C=O) groups is 1. The molecular formula is C22H23N3O2. The smallest absolute Gasteiger partial charge is 0.355 e. The lowest BCUT2D eigenvalue weighted by Gasteiger charge is -2.14. The van der Waals surface area contributed by atoms with Gasteiger partial charge in [-0.25, -0.2) is 4.79 Å². The molecule has 0 amide bonds. The first kappa shape index (κ1) is 18.5. The Labute approximate surface area is 159 Å². The van der Waals surface area contributed by atoms with E-state index in [0.717, 1.165) is 40.9 Å². The van der Waals surface area contributed by atoms with Crippen LogP contribution < -0.4 is 5.73 Å². The van der Waals surface area contributed by atoms with Crippen molar-refractivity contribution >= 4 is 11.5 Å². The van der Waals surface area contributed by atoms with Crippen LogP contribution in [0.5, 0.6) is 0 Å². The summed E-state index contributed by atoms with van der Waals surface area (Å²) >= 11 is 0. The van der Waals surface area contributed by atoms with Crippen molar-refractivity contribution in [3.05, 3.63) is 64.6 Å². The molecule has 27 heavy (non-hydrogen) atoms. The number of rotatable bonds is 4. The molecule has 0 saturated carbocycles.